The van der Waals surface area contributed by atoms with Gasteiger partial charge in [-0.25, -0.2) is 14.6 Å². The summed E-state index contributed by atoms with van der Waals surface area (Å²) in [5, 5.41) is 5.25. The molecule has 0 radical (unpaired) electrons. The van der Waals surface area contributed by atoms with Gasteiger partial charge in [-0.15, -0.1) is 0 Å². The topological polar surface area (TPSA) is 124 Å². The number of aromatic nitrogens is 1. The molecule has 1 aromatic heterocycles. The largest absolute Gasteiger partial charge is 0.465 e. The number of nitrogens with zero attached hydrogens (tertiary/aromatic N) is 1. The number of hydrogen-bond acceptors (Lipinski definition) is 7. The molecule has 2 amide bonds. The second-order valence-corrected chi connectivity index (χ2v) is 6.46. The van der Waals surface area contributed by atoms with Crippen LogP contribution in [0.25, 0.3) is 0 Å². The summed E-state index contributed by atoms with van der Waals surface area (Å²) in [6.45, 7) is 0. The maximum atomic E-state index is 12.6. The second kappa shape index (κ2) is 9.98. The Hall–Kier alpha value is -4.53. The lowest BCUT2D eigenvalue weighted by atomic mass is 10.2. The first-order chi connectivity index (χ1) is 15.4. The summed E-state index contributed by atoms with van der Waals surface area (Å²) >= 11 is 0. The molecule has 9 heteroatoms. The van der Waals surface area contributed by atoms with Crippen molar-refractivity contribution >= 4 is 35.1 Å². The molecule has 0 saturated carbocycles. The van der Waals surface area contributed by atoms with E-state index in [1.807, 2.05) is 0 Å². The number of methoxy groups -OCH3 is 2. The van der Waals surface area contributed by atoms with Crippen LogP contribution in [0.15, 0.2) is 66.7 Å². The Balaban J connectivity index is 1.73. The van der Waals surface area contributed by atoms with Gasteiger partial charge in [-0.2, -0.15) is 0 Å². The molecule has 0 fully saturated rings. The molecule has 3 aromatic rings. The normalized spacial score (nSPS) is 10.1. The zero-order valence-electron chi connectivity index (χ0n) is 17.2. The van der Waals surface area contributed by atoms with Gasteiger partial charge in [-0.1, -0.05) is 18.2 Å². The van der Waals surface area contributed by atoms with Gasteiger partial charge >= 0.3 is 11.9 Å². The van der Waals surface area contributed by atoms with Gasteiger partial charge < -0.3 is 20.1 Å². The number of esters is 2. The fourth-order valence-electron chi connectivity index (χ4n) is 2.76. The van der Waals surface area contributed by atoms with Gasteiger partial charge in [-0.3, -0.25) is 9.59 Å². The molecule has 2 aromatic carbocycles. The first-order valence-electron chi connectivity index (χ1n) is 9.38. The molecular weight excluding hydrogens is 414 g/mol. The van der Waals surface area contributed by atoms with Crippen molar-refractivity contribution in [1.82, 2.24) is 4.98 Å². The third-order valence-electron chi connectivity index (χ3n) is 4.30. The predicted molar refractivity (Wildman–Crippen MR) is 116 cm³/mol. The van der Waals surface area contributed by atoms with Crippen LogP contribution in [0.3, 0.4) is 0 Å². The number of carbonyl (C=O) groups is 4. The van der Waals surface area contributed by atoms with Crippen molar-refractivity contribution in [3.05, 3.63) is 89.2 Å². The number of anilines is 2. The Kier molecular flexibility index (Phi) is 6.92. The Morgan fingerprint density at radius 2 is 1.06 bits per heavy atom. The van der Waals surface area contributed by atoms with E-state index >= 15 is 0 Å². The molecule has 0 aliphatic rings. The summed E-state index contributed by atoms with van der Waals surface area (Å²) in [7, 11) is 2.53. The quantitative estimate of drug-likeness (QED) is 0.572. The number of amides is 2. The minimum absolute atomic E-state index is 0.00410. The van der Waals surface area contributed by atoms with Crippen LogP contribution in [0, 0.1) is 0 Å². The van der Waals surface area contributed by atoms with Crippen LogP contribution >= 0.6 is 0 Å². The molecule has 0 aliphatic carbocycles. The van der Waals surface area contributed by atoms with Crippen molar-refractivity contribution in [2.24, 2.45) is 0 Å². The summed E-state index contributed by atoms with van der Waals surface area (Å²) < 4.78 is 9.33. The van der Waals surface area contributed by atoms with Crippen molar-refractivity contribution in [2.75, 3.05) is 24.9 Å². The molecule has 0 spiro atoms. The van der Waals surface area contributed by atoms with Crippen LogP contribution in [0.5, 0.6) is 0 Å². The van der Waals surface area contributed by atoms with Gasteiger partial charge in [0.15, 0.2) is 0 Å². The van der Waals surface area contributed by atoms with Gasteiger partial charge in [0.25, 0.3) is 11.8 Å². The molecule has 0 bridgehead atoms. The molecular formula is C23H19N3O6. The summed E-state index contributed by atoms with van der Waals surface area (Å²) in [6, 6.07) is 16.9. The minimum atomic E-state index is -0.561. The van der Waals surface area contributed by atoms with Gasteiger partial charge in [0.05, 0.1) is 25.3 Å². The van der Waals surface area contributed by atoms with Gasteiger partial charge in [0, 0.05) is 11.4 Å². The molecule has 0 atom stereocenters. The molecule has 9 nitrogen and oxygen atoms in total. The molecule has 0 aliphatic heterocycles. The third-order valence-corrected chi connectivity index (χ3v) is 4.30. The number of rotatable bonds is 6. The number of benzene rings is 2. The fraction of sp³-hybridized carbons (Fsp3) is 0.0870. The molecule has 2 N–H and O–H groups in total. The van der Waals surface area contributed by atoms with E-state index in [-0.39, 0.29) is 22.5 Å². The highest BCUT2D eigenvalue weighted by Gasteiger charge is 2.15. The highest BCUT2D eigenvalue weighted by atomic mass is 16.5. The highest BCUT2D eigenvalue weighted by molar-refractivity contribution is 6.06. The van der Waals surface area contributed by atoms with Crippen LogP contribution < -0.4 is 10.6 Å². The maximum Gasteiger partial charge on any atom is 0.337 e. The Morgan fingerprint density at radius 1 is 0.656 bits per heavy atom. The Morgan fingerprint density at radius 3 is 1.47 bits per heavy atom. The Labute approximate surface area is 183 Å². The fourth-order valence-corrected chi connectivity index (χ4v) is 2.76. The SMILES string of the molecule is COC(=O)c1cccc(NC(=O)c2cccc(C(=O)Nc3cccc(C(=O)OC)c3)n2)c1. The summed E-state index contributed by atoms with van der Waals surface area (Å²) in [5.74, 6) is -2.19. The van der Waals surface area contributed by atoms with Gasteiger partial charge in [-0.05, 0) is 48.5 Å². The first kappa shape index (κ1) is 22.2. The van der Waals surface area contributed by atoms with E-state index in [0.717, 1.165) is 0 Å². The Bertz CT molecular complexity index is 1100. The summed E-state index contributed by atoms with van der Waals surface area (Å²) in [4.78, 5) is 52.6. The first-order valence-corrected chi connectivity index (χ1v) is 9.38. The molecule has 1 heterocycles. The van der Waals surface area contributed by atoms with Crippen molar-refractivity contribution in [3.63, 3.8) is 0 Å². The molecule has 0 saturated heterocycles. The van der Waals surface area contributed by atoms with E-state index < -0.39 is 23.8 Å². The van der Waals surface area contributed by atoms with E-state index in [4.69, 9.17) is 0 Å². The average Bonchev–Trinajstić information content (AvgIpc) is 2.83. The van der Waals surface area contributed by atoms with E-state index in [1.54, 1.807) is 36.4 Å². The maximum absolute atomic E-state index is 12.6. The summed E-state index contributed by atoms with van der Waals surface area (Å²) in [6.07, 6.45) is 0. The lowest BCUT2D eigenvalue weighted by Gasteiger charge is -2.09. The zero-order chi connectivity index (χ0) is 23.1. The van der Waals surface area contributed by atoms with Crippen LogP contribution in [-0.4, -0.2) is 43.0 Å². The molecule has 32 heavy (non-hydrogen) atoms. The molecule has 162 valence electrons. The van der Waals surface area contributed by atoms with Crippen LogP contribution in [-0.2, 0) is 9.47 Å². The lowest BCUT2D eigenvalue weighted by Crippen LogP contribution is -2.18. The van der Waals surface area contributed by atoms with E-state index in [1.165, 1.54) is 44.6 Å². The standard InChI is InChI=1S/C23H19N3O6/c1-31-22(29)14-6-3-8-16(12-14)24-20(27)18-10-5-11-19(26-18)21(28)25-17-9-4-7-15(13-17)23(30)32-2/h3-13H,1-2H3,(H,24,27)(H,25,28). The highest BCUT2D eigenvalue weighted by Crippen LogP contribution is 2.15. The van der Waals surface area contributed by atoms with Crippen LogP contribution in [0.2, 0.25) is 0 Å². The van der Waals surface area contributed by atoms with Crippen LogP contribution in [0.1, 0.15) is 41.7 Å². The number of pyridine rings is 1. The third kappa shape index (κ3) is 5.33. The van der Waals surface area contributed by atoms with E-state index in [0.29, 0.717) is 11.4 Å². The lowest BCUT2D eigenvalue weighted by molar-refractivity contribution is 0.0592. The molecule has 0 unspecified atom stereocenters. The average molecular weight is 433 g/mol. The van der Waals surface area contributed by atoms with Gasteiger partial charge in [0.2, 0.25) is 0 Å². The minimum Gasteiger partial charge on any atom is -0.465 e. The van der Waals surface area contributed by atoms with E-state index in [2.05, 4.69) is 25.1 Å². The zero-order valence-corrected chi connectivity index (χ0v) is 17.2. The van der Waals surface area contributed by atoms with Crippen molar-refractivity contribution in [2.45, 2.75) is 0 Å². The van der Waals surface area contributed by atoms with Crippen molar-refractivity contribution in [1.29, 1.82) is 0 Å². The van der Waals surface area contributed by atoms with Gasteiger partial charge in [0.1, 0.15) is 11.4 Å². The smallest absolute Gasteiger partial charge is 0.337 e. The van der Waals surface area contributed by atoms with Crippen molar-refractivity contribution in [3.8, 4) is 0 Å². The predicted octanol–water partition coefficient (Wildman–Crippen LogP) is 3.16. The monoisotopic (exact) mass is 433 g/mol. The van der Waals surface area contributed by atoms with Crippen molar-refractivity contribution < 1.29 is 28.7 Å². The molecule has 3 rings (SSSR count). The number of carbonyl (C=O) groups excluding carboxylic acids is 4. The second-order valence-electron chi connectivity index (χ2n) is 6.46. The number of nitrogens with one attached hydrogen (secondary N) is 2. The number of hydrogen-bond donors (Lipinski definition) is 2. The number of ether oxygens (including phenoxy) is 2. The van der Waals surface area contributed by atoms with Crippen LogP contribution in [0.4, 0.5) is 11.4 Å². The summed E-state index contributed by atoms with van der Waals surface area (Å²) in [5.41, 5.74) is 1.30. The van der Waals surface area contributed by atoms with E-state index in [9.17, 15) is 19.2 Å².